The Balaban J connectivity index is 1.72. The number of thiophene rings is 1. The van der Waals surface area contributed by atoms with Gasteiger partial charge < -0.3 is 4.90 Å². The highest BCUT2D eigenvalue weighted by Gasteiger charge is 2.61. The molecule has 1 aromatic rings. The van der Waals surface area contributed by atoms with Crippen molar-refractivity contribution in [2.24, 2.45) is 0 Å². The predicted octanol–water partition coefficient (Wildman–Crippen LogP) is 1.87. The summed E-state index contributed by atoms with van der Waals surface area (Å²) in [6.07, 6.45) is 4.56. The van der Waals surface area contributed by atoms with Crippen molar-refractivity contribution in [1.29, 1.82) is 0 Å². The molecule has 3 aliphatic rings. The molecule has 2 heterocycles. The van der Waals surface area contributed by atoms with Crippen molar-refractivity contribution in [2.45, 2.75) is 43.4 Å². The third-order valence-corrected chi connectivity index (χ3v) is 4.59. The van der Waals surface area contributed by atoms with E-state index in [1.807, 2.05) is 0 Å². The highest BCUT2D eigenvalue weighted by Crippen LogP contribution is 2.49. The fourth-order valence-electron chi connectivity index (χ4n) is 2.64. The summed E-state index contributed by atoms with van der Waals surface area (Å²) in [7, 11) is 0. The molecule has 4 heteroatoms. The van der Waals surface area contributed by atoms with Crippen molar-refractivity contribution >= 4 is 17.2 Å². The molecule has 1 saturated heterocycles. The zero-order valence-electron chi connectivity index (χ0n) is 8.98. The van der Waals surface area contributed by atoms with Crippen LogP contribution in [0.25, 0.3) is 0 Å². The summed E-state index contributed by atoms with van der Waals surface area (Å²) < 4.78 is 0. The molecule has 2 saturated carbocycles. The van der Waals surface area contributed by atoms with Crippen LogP contribution in [0.5, 0.6) is 0 Å². The van der Waals surface area contributed by atoms with Crippen molar-refractivity contribution in [3.8, 4) is 0 Å². The van der Waals surface area contributed by atoms with E-state index in [1.54, 1.807) is 11.3 Å². The molecule has 1 N–H and O–H groups in total. The van der Waals surface area contributed by atoms with E-state index in [2.05, 4.69) is 27.0 Å². The highest BCUT2D eigenvalue weighted by molar-refractivity contribution is 7.07. The summed E-state index contributed by atoms with van der Waals surface area (Å²) in [5.74, 6) is 0.353. The van der Waals surface area contributed by atoms with Gasteiger partial charge in [0.05, 0.1) is 0 Å². The number of carbonyl (C=O) groups excluding carboxylic acids is 1. The molecular weight excluding hydrogens is 220 g/mol. The van der Waals surface area contributed by atoms with E-state index in [4.69, 9.17) is 0 Å². The van der Waals surface area contributed by atoms with Crippen molar-refractivity contribution in [2.75, 3.05) is 0 Å². The topological polar surface area (TPSA) is 32.3 Å². The number of rotatable bonds is 2. The normalized spacial score (nSPS) is 31.4. The second-order valence-corrected chi connectivity index (χ2v) is 5.91. The monoisotopic (exact) mass is 234 g/mol. The van der Waals surface area contributed by atoms with Crippen molar-refractivity contribution in [3.63, 3.8) is 0 Å². The molecule has 16 heavy (non-hydrogen) atoms. The lowest BCUT2D eigenvalue weighted by Crippen LogP contribution is -2.33. The molecule has 84 valence electrons. The van der Waals surface area contributed by atoms with Crippen molar-refractivity contribution in [1.82, 2.24) is 10.2 Å². The van der Waals surface area contributed by atoms with Crippen LogP contribution in [0, 0.1) is 0 Å². The van der Waals surface area contributed by atoms with Crippen LogP contribution in [0.2, 0.25) is 0 Å². The van der Waals surface area contributed by atoms with Crippen LogP contribution in [-0.4, -0.2) is 22.4 Å². The van der Waals surface area contributed by atoms with E-state index in [0.717, 1.165) is 12.8 Å². The number of amides is 1. The first-order valence-corrected chi connectivity index (χ1v) is 6.87. The first kappa shape index (κ1) is 9.19. The van der Waals surface area contributed by atoms with Crippen LogP contribution in [-0.2, 0) is 4.79 Å². The second-order valence-electron chi connectivity index (χ2n) is 5.13. The Kier molecular flexibility index (Phi) is 1.65. The standard InChI is InChI=1S/C12H14N2OS/c15-11-12(4-5-12)13-10(8-3-6-16-7-8)14(11)9-1-2-9/h3,6-7,9-10,13H,1-2,4-5H2. The zero-order chi connectivity index (χ0) is 10.8. The molecule has 1 unspecified atom stereocenters. The van der Waals surface area contributed by atoms with Gasteiger partial charge in [-0.1, -0.05) is 0 Å². The maximum atomic E-state index is 12.3. The Morgan fingerprint density at radius 2 is 2.25 bits per heavy atom. The molecule has 1 spiro atoms. The molecule has 0 bridgehead atoms. The molecule has 4 rings (SSSR count). The third kappa shape index (κ3) is 1.14. The van der Waals surface area contributed by atoms with Gasteiger partial charge in [0.15, 0.2) is 0 Å². The maximum absolute atomic E-state index is 12.3. The average Bonchev–Trinajstić information content (AvgIpc) is 3.17. The van der Waals surface area contributed by atoms with E-state index in [1.165, 1.54) is 18.4 Å². The highest BCUT2D eigenvalue weighted by atomic mass is 32.1. The van der Waals surface area contributed by atoms with Gasteiger partial charge >= 0.3 is 0 Å². The van der Waals surface area contributed by atoms with Gasteiger partial charge in [0.25, 0.3) is 0 Å². The van der Waals surface area contributed by atoms with Gasteiger partial charge in [-0.25, -0.2) is 0 Å². The molecular formula is C12H14N2OS. The SMILES string of the molecule is O=C1N(C2CC2)C(c2ccsc2)NC12CC2. The molecule has 0 radical (unpaired) electrons. The van der Waals surface area contributed by atoms with Gasteiger partial charge in [0.2, 0.25) is 5.91 Å². The van der Waals surface area contributed by atoms with Gasteiger partial charge in [-0.15, -0.1) is 0 Å². The van der Waals surface area contributed by atoms with E-state index in [-0.39, 0.29) is 11.7 Å². The lowest BCUT2D eigenvalue weighted by molar-refractivity contribution is -0.131. The van der Waals surface area contributed by atoms with E-state index in [9.17, 15) is 4.79 Å². The van der Waals surface area contributed by atoms with Crippen LogP contribution >= 0.6 is 11.3 Å². The number of hydrogen-bond acceptors (Lipinski definition) is 3. The number of nitrogens with one attached hydrogen (secondary N) is 1. The Labute approximate surface area is 98.4 Å². The van der Waals surface area contributed by atoms with E-state index in [0.29, 0.717) is 11.9 Å². The minimum atomic E-state index is -0.171. The minimum absolute atomic E-state index is 0.147. The molecule has 1 amide bonds. The summed E-state index contributed by atoms with van der Waals surface area (Å²) in [6, 6.07) is 2.64. The molecule has 1 aliphatic heterocycles. The minimum Gasteiger partial charge on any atom is -0.318 e. The predicted molar refractivity (Wildman–Crippen MR) is 62.0 cm³/mol. The van der Waals surface area contributed by atoms with Crippen LogP contribution < -0.4 is 5.32 Å². The van der Waals surface area contributed by atoms with Gasteiger partial charge in [0, 0.05) is 6.04 Å². The molecule has 2 aliphatic carbocycles. The fourth-order valence-corrected chi connectivity index (χ4v) is 3.32. The first-order chi connectivity index (χ1) is 7.80. The molecule has 1 aromatic heterocycles. The largest absolute Gasteiger partial charge is 0.318 e. The Hall–Kier alpha value is -0.870. The Morgan fingerprint density at radius 3 is 2.81 bits per heavy atom. The van der Waals surface area contributed by atoms with Crippen LogP contribution in [0.15, 0.2) is 16.8 Å². The number of hydrogen-bond donors (Lipinski definition) is 1. The summed E-state index contributed by atoms with van der Waals surface area (Å²) in [5, 5.41) is 7.79. The number of nitrogens with zero attached hydrogens (tertiary/aromatic N) is 1. The van der Waals surface area contributed by atoms with Crippen LogP contribution in [0.4, 0.5) is 0 Å². The Bertz CT molecular complexity index is 434. The van der Waals surface area contributed by atoms with Gasteiger partial charge in [0.1, 0.15) is 11.7 Å². The van der Waals surface area contributed by atoms with Crippen molar-refractivity contribution < 1.29 is 4.79 Å². The van der Waals surface area contributed by atoms with Crippen LogP contribution in [0.3, 0.4) is 0 Å². The van der Waals surface area contributed by atoms with Gasteiger partial charge in [-0.3, -0.25) is 10.1 Å². The lowest BCUT2D eigenvalue weighted by Gasteiger charge is -2.23. The number of carbonyl (C=O) groups is 1. The molecule has 3 fully saturated rings. The summed E-state index contributed by atoms with van der Waals surface area (Å²) in [4.78, 5) is 14.4. The quantitative estimate of drug-likeness (QED) is 0.847. The molecule has 3 nitrogen and oxygen atoms in total. The smallest absolute Gasteiger partial charge is 0.244 e. The molecule has 0 aromatic carbocycles. The average molecular weight is 234 g/mol. The lowest BCUT2D eigenvalue weighted by atomic mass is 10.2. The maximum Gasteiger partial charge on any atom is 0.244 e. The van der Waals surface area contributed by atoms with Crippen molar-refractivity contribution in [3.05, 3.63) is 22.4 Å². The van der Waals surface area contributed by atoms with Gasteiger partial charge in [-0.05, 0) is 48.1 Å². The van der Waals surface area contributed by atoms with E-state index >= 15 is 0 Å². The fraction of sp³-hybridized carbons (Fsp3) is 0.583. The molecule has 1 atom stereocenters. The second kappa shape index (κ2) is 2.87. The van der Waals surface area contributed by atoms with E-state index < -0.39 is 0 Å². The third-order valence-electron chi connectivity index (χ3n) is 3.88. The Morgan fingerprint density at radius 1 is 1.44 bits per heavy atom. The summed E-state index contributed by atoms with van der Waals surface area (Å²) in [5.41, 5.74) is 1.09. The van der Waals surface area contributed by atoms with Crippen LogP contribution in [0.1, 0.15) is 37.4 Å². The summed E-state index contributed by atoms with van der Waals surface area (Å²) in [6.45, 7) is 0. The summed E-state index contributed by atoms with van der Waals surface area (Å²) >= 11 is 1.70. The van der Waals surface area contributed by atoms with Gasteiger partial charge in [-0.2, -0.15) is 11.3 Å². The zero-order valence-corrected chi connectivity index (χ0v) is 9.80. The first-order valence-electron chi connectivity index (χ1n) is 5.93.